The van der Waals surface area contributed by atoms with Crippen molar-refractivity contribution in [3.8, 4) is 11.3 Å². The van der Waals surface area contributed by atoms with Gasteiger partial charge in [0.05, 0.1) is 5.69 Å². The van der Waals surface area contributed by atoms with E-state index in [9.17, 15) is 0 Å². The molecule has 0 aliphatic carbocycles. The van der Waals surface area contributed by atoms with E-state index in [1.807, 2.05) is 36.4 Å². The van der Waals surface area contributed by atoms with Crippen molar-refractivity contribution in [2.24, 2.45) is 0 Å². The first kappa shape index (κ1) is 16.3. The van der Waals surface area contributed by atoms with Crippen LogP contribution in [0.2, 0.25) is 12.6 Å². The van der Waals surface area contributed by atoms with Crippen LogP contribution in [0.3, 0.4) is 0 Å². The highest BCUT2D eigenvalue weighted by Crippen LogP contribution is 2.21. The maximum absolute atomic E-state index is 4.84. The summed E-state index contributed by atoms with van der Waals surface area (Å²) in [5.74, 6) is 0.873. The molecule has 0 amide bonds. The van der Waals surface area contributed by atoms with Gasteiger partial charge in [-0.1, -0.05) is 80.5 Å². The van der Waals surface area contributed by atoms with Crippen LogP contribution < -0.4 is 10.8 Å². The predicted octanol–water partition coefficient (Wildman–Crippen LogP) is 5.23. The summed E-state index contributed by atoms with van der Waals surface area (Å²) in [6.45, 7) is 5.09. The molecule has 3 aromatic rings. The van der Waals surface area contributed by atoms with Crippen molar-refractivity contribution in [1.82, 2.24) is 4.98 Å². The zero-order valence-electron chi connectivity index (χ0n) is 14.4. The number of hydrogen-bond acceptors (Lipinski definition) is 2. The number of rotatable bonds is 6. The molecule has 3 heteroatoms. The molecule has 0 saturated carbocycles. The van der Waals surface area contributed by atoms with E-state index >= 15 is 0 Å². The lowest BCUT2D eigenvalue weighted by molar-refractivity contribution is 1.30. The van der Waals surface area contributed by atoms with Crippen molar-refractivity contribution in [2.75, 3.05) is 5.32 Å². The number of nitrogens with one attached hydrogen (secondary N) is 1. The maximum Gasteiger partial charge on any atom is 0.176 e. The average molecular weight is 314 g/mol. The fraction of sp³-hybridized carbons (Fsp3) is 0.190. The topological polar surface area (TPSA) is 24.9 Å². The van der Waals surface area contributed by atoms with Gasteiger partial charge in [-0.3, -0.25) is 0 Å². The second-order valence-corrected chi connectivity index (χ2v) is 6.00. The van der Waals surface area contributed by atoms with E-state index in [1.165, 1.54) is 11.0 Å². The molecule has 24 heavy (non-hydrogen) atoms. The highest BCUT2D eigenvalue weighted by molar-refractivity contribution is 6.74. The summed E-state index contributed by atoms with van der Waals surface area (Å²) in [7, 11) is 0. The third-order valence-corrected chi connectivity index (χ3v) is 4.46. The summed E-state index contributed by atoms with van der Waals surface area (Å²) in [5, 5.41) is 3.38. The van der Waals surface area contributed by atoms with Crippen molar-refractivity contribution in [1.29, 1.82) is 0 Å². The smallest absolute Gasteiger partial charge is 0.176 e. The lowest BCUT2D eigenvalue weighted by atomic mass is 9.40. The molecule has 3 rings (SSSR count). The second kappa shape index (κ2) is 7.82. The molecule has 2 nitrogen and oxygen atoms in total. The fourth-order valence-corrected chi connectivity index (χ4v) is 3.14. The first-order chi connectivity index (χ1) is 11.8. The molecule has 0 aliphatic rings. The molecule has 2 aromatic carbocycles. The highest BCUT2D eigenvalue weighted by atomic mass is 15.0. The van der Waals surface area contributed by atoms with E-state index in [-0.39, 0.29) is 0 Å². The van der Waals surface area contributed by atoms with Crippen LogP contribution in [0.15, 0.2) is 72.8 Å². The lowest BCUT2D eigenvalue weighted by Gasteiger charge is -2.15. The molecule has 0 radical (unpaired) electrons. The largest absolute Gasteiger partial charge is 0.340 e. The Labute approximate surface area is 145 Å². The summed E-state index contributed by atoms with van der Waals surface area (Å²) in [6, 6.07) is 25.0. The van der Waals surface area contributed by atoms with Gasteiger partial charge < -0.3 is 5.32 Å². The molecule has 1 aromatic heterocycles. The van der Waals surface area contributed by atoms with E-state index < -0.39 is 0 Å². The Morgan fingerprint density at radius 1 is 0.792 bits per heavy atom. The number of para-hydroxylation sites is 1. The Bertz CT molecular complexity index is 783. The minimum atomic E-state index is 0.578. The van der Waals surface area contributed by atoms with Gasteiger partial charge in [-0.15, -0.1) is 0 Å². The third kappa shape index (κ3) is 3.68. The van der Waals surface area contributed by atoms with Gasteiger partial charge in [0, 0.05) is 5.69 Å². The van der Waals surface area contributed by atoms with E-state index in [4.69, 9.17) is 4.98 Å². The number of anilines is 2. The SMILES string of the molecule is CCB(CC)c1ccccc1-c1cccc(Nc2ccccc2)n1. The van der Waals surface area contributed by atoms with Gasteiger partial charge in [0.15, 0.2) is 6.71 Å². The Morgan fingerprint density at radius 2 is 1.50 bits per heavy atom. The van der Waals surface area contributed by atoms with Gasteiger partial charge in [0.1, 0.15) is 5.82 Å². The monoisotopic (exact) mass is 314 g/mol. The second-order valence-electron chi connectivity index (χ2n) is 6.00. The molecule has 1 N–H and O–H groups in total. The van der Waals surface area contributed by atoms with Crippen molar-refractivity contribution < 1.29 is 0 Å². The van der Waals surface area contributed by atoms with Crippen molar-refractivity contribution in [2.45, 2.75) is 26.5 Å². The molecular weight excluding hydrogens is 291 g/mol. The van der Waals surface area contributed by atoms with Crippen LogP contribution in [0.25, 0.3) is 11.3 Å². The van der Waals surface area contributed by atoms with Gasteiger partial charge in [-0.2, -0.15) is 0 Å². The summed E-state index contributed by atoms with van der Waals surface area (Å²) < 4.78 is 0. The molecule has 0 bridgehead atoms. The zero-order valence-corrected chi connectivity index (χ0v) is 14.4. The van der Waals surface area contributed by atoms with Crippen molar-refractivity contribution >= 4 is 23.7 Å². The van der Waals surface area contributed by atoms with Crippen LogP contribution in [-0.4, -0.2) is 11.7 Å². The summed E-state index contributed by atoms with van der Waals surface area (Å²) in [6.07, 6.45) is 2.30. The van der Waals surface area contributed by atoms with Gasteiger partial charge >= 0.3 is 0 Å². The van der Waals surface area contributed by atoms with Crippen molar-refractivity contribution in [3.05, 3.63) is 72.8 Å². The van der Waals surface area contributed by atoms with E-state index in [2.05, 4.69) is 55.6 Å². The number of hydrogen-bond donors (Lipinski definition) is 1. The molecule has 0 saturated heterocycles. The van der Waals surface area contributed by atoms with Crippen LogP contribution in [-0.2, 0) is 0 Å². The van der Waals surface area contributed by atoms with Gasteiger partial charge in [0.2, 0.25) is 0 Å². The number of aromatic nitrogens is 1. The molecule has 1 heterocycles. The first-order valence-electron chi connectivity index (χ1n) is 8.70. The molecule has 0 unspecified atom stereocenters. The Balaban J connectivity index is 1.95. The minimum Gasteiger partial charge on any atom is -0.340 e. The Kier molecular flexibility index (Phi) is 5.32. The standard InChI is InChI=1S/C21H23BN2/c1-3-22(4-2)19-14-9-8-13-18(19)20-15-10-16-21(24-20)23-17-11-6-5-7-12-17/h5-16H,3-4H2,1-2H3,(H,23,24). The number of pyridine rings is 1. The minimum absolute atomic E-state index is 0.578. The quantitative estimate of drug-likeness (QED) is 0.630. The molecule has 0 spiro atoms. The molecule has 0 aliphatic heterocycles. The summed E-state index contributed by atoms with van der Waals surface area (Å²) >= 11 is 0. The van der Waals surface area contributed by atoms with Gasteiger partial charge in [0.25, 0.3) is 0 Å². The maximum atomic E-state index is 4.84. The Hall–Kier alpha value is -2.55. The van der Waals surface area contributed by atoms with Crippen LogP contribution >= 0.6 is 0 Å². The van der Waals surface area contributed by atoms with Crippen LogP contribution in [0, 0.1) is 0 Å². The summed E-state index contributed by atoms with van der Waals surface area (Å²) in [4.78, 5) is 4.84. The number of benzene rings is 2. The molecule has 0 fully saturated rings. The predicted molar refractivity (Wildman–Crippen MR) is 106 cm³/mol. The highest BCUT2D eigenvalue weighted by Gasteiger charge is 2.16. The molecule has 0 atom stereocenters. The van der Waals surface area contributed by atoms with Crippen molar-refractivity contribution in [3.63, 3.8) is 0 Å². The summed E-state index contributed by atoms with van der Waals surface area (Å²) in [5.41, 5.74) is 4.71. The van der Waals surface area contributed by atoms with Gasteiger partial charge in [-0.25, -0.2) is 4.98 Å². The third-order valence-electron chi connectivity index (χ3n) is 4.46. The zero-order chi connectivity index (χ0) is 16.8. The van der Waals surface area contributed by atoms with Crippen LogP contribution in [0.5, 0.6) is 0 Å². The molecule has 120 valence electrons. The normalized spacial score (nSPS) is 10.4. The van der Waals surface area contributed by atoms with Gasteiger partial charge in [-0.05, 0) is 29.8 Å². The van der Waals surface area contributed by atoms with Crippen LogP contribution in [0.1, 0.15) is 13.8 Å². The van der Waals surface area contributed by atoms with E-state index in [0.717, 1.165) is 29.8 Å². The first-order valence-corrected chi connectivity index (χ1v) is 8.70. The number of nitrogens with zero attached hydrogens (tertiary/aromatic N) is 1. The lowest BCUT2D eigenvalue weighted by Crippen LogP contribution is -2.30. The molecular formula is C21H23BN2. The fourth-order valence-electron chi connectivity index (χ4n) is 3.14. The Morgan fingerprint density at radius 3 is 2.25 bits per heavy atom. The van der Waals surface area contributed by atoms with E-state index in [1.54, 1.807) is 0 Å². The van der Waals surface area contributed by atoms with Crippen LogP contribution in [0.4, 0.5) is 11.5 Å². The average Bonchev–Trinajstić information content (AvgIpc) is 2.64. The van der Waals surface area contributed by atoms with E-state index in [0.29, 0.717) is 6.71 Å².